The zero-order valence-electron chi connectivity index (χ0n) is 10.9. The number of hydrogen-bond acceptors (Lipinski definition) is 4. The Bertz CT molecular complexity index is 356. The lowest BCUT2D eigenvalue weighted by molar-refractivity contribution is 0.202. The van der Waals surface area contributed by atoms with E-state index >= 15 is 0 Å². The number of aromatic nitrogens is 2. The minimum Gasteiger partial charge on any atom is -0.382 e. The van der Waals surface area contributed by atoms with Gasteiger partial charge in [0.25, 0.3) is 0 Å². The first kappa shape index (κ1) is 12.4. The summed E-state index contributed by atoms with van der Waals surface area (Å²) in [5.41, 5.74) is 8.28. The molecule has 5 heteroatoms. The molecule has 96 valence electrons. The van der Waals surface area contributed by atoms with Gasteiger partial charge in [0.1, 0.15) is 5.82 Å². The number of aromatic amines is 1. The number of anilines is 1. The molecule has 0 fully saturated rings. The highest BCUT2D eigenvalue weighted by Crippen LogP contribution is 2.21. The summed E-state index contributed by atoms with van der Waals surface area (Å²) in [6, 6.07) is 0. The van der Waals surface area contributed by atoms with E-state index in [9.17, 15) is 0 Å². The molecule has 0 saturated carbocycles. The number of nitrogen functional groups attached to an aromatic ring is 1. The van der Waals surface area contributed by atoms with Crippen molar-refractivity contribution in [2.75, 3.05) is 38.5 Å². The number of likely N-dealkylation sites (N-methyl/N-ethyl adjacent to an activating group) is 1. The van der Waals surface area contributed by atoms with E-state index in [1.165, 1.54) is 11.3 Å². The summed E-state index contributed by atoms with van der Waals surface area (Å²) in [7, 11) is 0. The van der Waals surface area contributed by atoms with E-state index < -0.39 is 0 Å². The predicted molar refractivity (Wildman–Crippen MR) is 69.8 cm³/mol. The van der Waals surface area contributed by atoms with Gasteiger partial charge in [-0.1, -0.05) is 13.8 Å². The average molecular weight is 237 g/mol. The van der Waals surface area contributed by atoms with Gasteiger partial charge >= 0.3 is 0 Å². The van der Waals surface area contributed by atoms with Crippen LogP contribution in [0.15, 0.2) is 0 Å². The maximum atomic E-state index is 5.85. The maximum Gasteiger partial charge on any atom is 0.149 e. The summed E-state index contributed by atoms with van der Waals surface area (Å²) in [5, 5.41) is 7.10. The molecule has 2 rings (SSSR count). The summed E-state index contributed by atoms with van der Waals surface area (Å²) >= 11 is 0. The molecule has 0 bridgehead atoms. The summed E-state index contributed by atoms with van der Waals surface area (Å²) in [6.07, 6.45) is 1.04. The van der Waals surface area contributed by atoms with Crippen molar-refractivity contribution in [2.45, 2.75) is 26.8 Å². The van der Waals surface area contributed by atoms with Crippen molar-refractivity contribution < 1.29 is 0 Å². The summed E-state index contributed by atoms with van der Waals surface area (Å²) in [4.78, 5) is 4.92. The second-order valence-corrected chi connectivity index (χ2v) is 4.62. The fourth-order valence-electron chi connectivity index (χ4n) is 2.39. The van der Waals surface area contributed by atoms with E-state index in [-0.39, 0.29) is 0 Å². The van der Waals surface area contributed by atoms with Crippen molar-refractivity contribution in [2.24, 2.45) is 0 Å². The van der Waals surface area contributed by atoms with Gasteiger partial charge in [-0.2, -0.15) is 5.10 Å². The van der Waals surface area contributed by atoms with Gasteiger partial charge in [0.05, 0.1) is 0 Å². The van der Waals surface area contributed by atoms with E-state index in [1.807, 2.05) is 0 Å². The van der Waals surface area contributed by atoms with E-state index in [2.05, 4.69) is 33.8 Å². The molecular formula is C12H23N5. The molecular weight excluding hydrogens is 214 g/mol. The third-order valence-corrected chi connectivity index (χ3v) is 3.67. The third-order valence-electron chi connectivity index (χ3n) is 3.67. The minimum atomic E-state index is 0.674. The summed E-state index contributed by atoms with van der Waals surface area (Å²) in [5.74, 6) is 0.674. The van der Waals surface area contributed by atoms with Crippen LogP contribution < -0.4 is 5.73 Å². The van der Waals surface area contributed by atoms with Crippen LogP contribution in [0.1, 0.15) is 25.1 Å². The van der Waals surface area contributed by atoms with E-state index in [4.69, 9.17) is 5.73 Å². The fraction of sp³-hybridized carbons (Fsp3) is 0.750. The molecule has 0 unspecified atom stereocenters. The van der Waals surface area contributed by atoms with Crippen molar-refractivity contribution in [1.29, 1.82) is 0 Å². The van der Waals surface area contributed by atoms with E-state index in [0.717, 1.165) is 45.7 Å². The van der Waals surface area contributed by atoms with Crippen LogP contribution in [0.4, 0.5) is 5.82 Å². The second-order valence-electron chi connectivity index (χ2n) is 4.62. The largest absolute Gasteiger partial charge is 0.382 e. The van der Waals surface area contributed by atoms with Crippen molar-refractivity contribution in [1.82, 2.24) is 20.0 Å². The molecule has 0 aliphatic carbocycles. The first-order valence-electron chi connectivity index (χ1n) is 6.50. The molecule has 1 aliphatic heterocycles. The number of H-pyrrole nitrogens is 1. The van der Waals surface area contributed by atoms with Gasteiger partial charge < -0.3 is 10.6 Å². The molecule has 0 saturated heterocycles. The van der Waals surface area contributed by atoms with Crippen LogP contribution in [0.25, 0.3) is 0 Å². The summed E-state index contributed by atoms with van der Waals surface area (Å²) < 4.78 is 0. The second kappa shape index (κ2) is 5.51. The van der Waals surface area contributed by atoms with Crippen molar-refractivity contribution in [3.05, 3.63) is 11.3 Å². The molecule has 3 N–H and O–H groups in total. The Labute approximate surface area is 103 Å². The van der Waals surface area contributed by atoms with Crippen LogP contribution in [-0.2, 0) is 13.0 Å². The summed E-state index contributed by atoms with van der Waals surface area (Å²) in [6.45, 7) is 11.0. The normalized spacial score (nSPS) is 16.4. The average Bonchev–Trinajstić information content (AvgIpc) is 2.72. The van der Waals surface area contributed by atoms with Crippen molar-refractivity contribution >= 4 is 5.82 Å². The number of rotatable bonds is 5. The molecule has 0 spiro atoms. The van der Waals surface area contributed by atoms with Gasteiger partial charge in [-0.3, -0.25) is 10.00 Å². The monoisotopic (exact) mass is 237 g/mol. The van der Waals surface area contributed by atoms with Gasteiger partial charge in [-0.05, 0) is 13.1 Å². The molecule has 0 radical (unpaired) electrons. The van der Waals surface area contributed by atoms with Crippen LogP contribution in [0, 0.1) is 0 Å². The van der Waals surface area contributed by atoms with Crippen LogP contribution in [0.3, 0.4) is 0 Å². The molecule has 0 atom stereocenters. The van der Waals surface area contributed by atoms with Gasteiger partial charge in [0.15, 0.2) is 0 Å². The third kappa shape index (κ3) is 2.79. The number of nitrogens with two attached hydrogens (primary N) is 1. The Hall–Kier alpha value is -1.07. The van der Waals surface area contributed by atoms with Crippen molar-refractivity contribution in [3.8, 4) is 0 Å². The van der Waals surface area contributed by atoms with Gasteiger partial charge in [-0.15, -0.1) is 0 Å². The zero-order chi connectivity index (χ0) is 12.3. The first-order chi connectivity index (χ1) is 8.24. The topological polar surface area (TPSA) is 61.2 Å². The molecule has 1 aromatic rings. The van der Waals surface area contributed by atoms with Gasteiger partial charge in [0.2, 0.25) is 0 Å². The van der Waals surface area contributed by atoms with Gasteiger partial charge in [-0.25, -0.2) is 0 Å². The molecule has 2 heterocycles. The molecule has 1 aliphatic rings. The highest BCUT2D eigenvalue weighted by Gasteiger charge is 2.20. The zero-order valence-corrected chi connectivity index (χ0v) is 10.9. The number of nitrogens with one attached hydrogen (secondary N) is 1. The SMILES string of the molecule is CCN(CC)CCN1CCc2[nH]nc(N)c2C1. The lowest BCUT2D eigenvalue weighted by atomic mass is 10.1. The molecule has 0 amide bonds. The number of hydrogen-bond donors (Lipinski definition) is 2. The van der Waals surface area contributed by atoms with E-state index in [0.29, 0.717) is 5.82 Å². The van der Waals surface area contributed by atoms with Crippen molar-refractivity contribution in [3.63, 3.8) is 0 Å². The quantitative estimate of drug-likeness (QED) is 0.791. The van der Waals surface area contributed by atoms with Crippen LogP contribution in [0.5, 0.6) is 0 Å². The Morgan fingerprint density at radius 3 is 2.88 bits per heavy atom. The Morgan fingerprint density at radius 1 is 1.41 bits per heavy atom. The molecule has 0 aromatic carbocycles. The minimum absolute atomic E-state index is 0.674. The first-order valence-corrected chi connectivity index (χ1v) is 6.50. The lowest BCUT2D eigenvalue weighted by Crippen LogP contribution is -2.37. The molecule has 1 aromatic heterocycles. The van der Waals surface area contributed by atoms with Gasteiger partial charge in [0, 0.05) is 43.9 Å². The number of fused-ring (bicyclic) bond motifs is 1. The predicted octanol–water partition coefficient (Wildman–Crippen LogP) is 0.692. The molecule has 17 heavy (non-hydrogen) atoms. The highest BCUT2D eigenvalue weighted by molar-refractivity contribution is 5.42. The standard InChI is InChI=1S/C12H23N5/c1-3-16(4-2)7-8-17-6-5-11-10(9-17)12(13)15-14-11/h3-9H2,1-2H3,(H3,13,14,15). The Balaban J connectivity index is 1.87. The van der Waals surface area contributed by atoms with Crippen LogP contribution >= 0.6 is 0 Å². The fourth-order valence-corrected chi connectivity index (χ4v) is 2.39. The van der Waals surface area contributed by atoms with Crippen LogP contribution in [-0.4, -0.2) is 52.7 Å². The Morgan fingerprint density at radius 2 is 2.18 bits per heavy atom. The number of nitrogens with zero attached hydrogens (tertiary/aromatic N) is 3. The smallest absolute Gasteiger partial charge is 0.149 e. The lowest BCUT2D eigenvalue weighted by Gasteiger charge is -2.29. The Kier molecular flexibility index (Phi) is 4.02. The molecule has 5 nitrogen and oxygen atoms in total. The maximum absolute atomic E-state index is 5.85. The van der Waals surface area contributed by atoms with E-state index in [1.54, 1.807) is 0 Å². The van der Waals surface area contributed by atoms with Crippen LogP contribution in [0.2, 0.25) is 0 Å². The highest BCUT2D eigenvalue weighted by atomic mass is 15.2.